The number of benzene rings is 8. The van der Waals surface area contributed by atoms with Gasteiger partial charge in [0.2, 0.25) is 0 Å². The third-order valence-corrected chi connectivity index (χ3v) is 10.6. The molecule has 8 aromatic carbocycles. The topological polar surface area (TPSA) is 9.23 Å². The normalized spacial score (nSPS) is 16.1. The van der Waals surface area contributed by atoms with Crippen LogP contribution in [-0.4, -0.2) is 0 Å². The fraction of sp³-hybridized carbons (Fsp3) is 0.0222. The van der Waals surface area contributed by atoms with Crippen LogP contribution in [0.4, 0.5) is 0 Å². The molecule has 8 aromatic rings. The van der Waals surface area contributed by atoms with Gasteiger partial charge in [-0.15, -0.1) is 0 Å². The molecule has 1 nitrogen and oxygen atoms in total. The van der Waals surface area contributed by atoms with Crippen molar-refractivity contribution in [1.29, 1.82) is 0 Å². The number of hydrogen-bond donors (Lipinski definition) is 0. The summed E-state index contributed by atoms with van der Waals surface area (Å²) in [5.74, 6) is 1.83. The van der Waals surface area contributed by atoms with Gasteiger partial charge < -0.3 is 4.74 Å². The minimum absolute atomic E-state index is 0.359. The Labute approximate surface area is 267 Å². The van der Waals surface area contributed by atoms with Crippen LogP contribution in [0.25, 0.3) is 66.1 Å². The third-order valence-electron chi connectivity index (χ3n) is 10.6. The van der Waals surface area contributed by atoms with Gasteiger partial charge in [-0.05, 0) is 114 Å². The van der Waals surface area contributed by atoms with Crippen molar-refractivity contribution >= 4 is 21.5 Å². The Morgan fingerprint density at radius 1 is 0.326 bits per heavy atom. The van der Waals surface area contributed by atoms with Gasteiger partial charge in [-0.3, -0.25) is 0 Å². The highest BCUT2D eigenvalue weighted by Gasteiger charge is 2.51. The van der Waals surface area contributed by atoms with E-state index >= 15 is 0 Å². The maximum absolute atomic E-state index is 6.55. The molecule has 2 aliphatic carbocycles. The molecule has 1 atom stereocenters. The Hall–Kier alpha value is -5.92. The molecule has 3 aliphatic rings. The molecular formula is C45H26O. The fourth-order valence-corrected chi connectivity index (χ4v) is 8.75. The lowest BCUT2D eigenvalue weighted by atomic mass is 9.70. The molecule has 0 saturated heterocycles. The largest absolute Gasteiger partial charge is 0.456 e. The first-order valence-electron chi connectivity index (χ1n) is 16.0. The van der Waals surface area contributed by atoms with Crippen molar-refractivity contribution in [2.75, 3.05) is 0 Å². The van der Waals surface area contributed by atoms with E-state index in [-0.39, 0.29) is 5.41 Å². The lowest BCUT2D eigenvalue weighted by Gasteiger charge is -2.30. The van der Waals surface area contributed by atoms with Gasteiger partial charge in [-0.25, -0.2) is 0 Å². The van der Waals surface area contributed by atoms with Crippen LogP contribution in [0, 0.1) is 0 Å². The molecule has 1 heterocycles. The van der Waals surface area contributed by atoms with E-state index in [4.69, 9.17) is 4.74 Å². The quantitative estimate of drug-likeness (QED) is 0.187. The van der Waals surface area contributed by atoms with Crippen LogP contribution in [0.15, 0.2) is 158 Å². The molecule has 1 unspecified atom stereocenters. The van der Waals surface area contributed by atoms with Gasteiger partial charge in [0.1, 0.15) is 11.5 Å². The highest BCUT2D eigenvalue weighted by atomic mass is 16.5. The van der Waals surface area contributed by atoms with E-state index < -0.39 is 0 Å². The molecule has 1 aliphatic heterocycles. The summed E-state index contributed by atoms with van der Waals surface area (Å²) in [6.07, 6.45) is 0. The van der Waals surface area contributed by atoms with E-state index in [1.165, 1.54) is 77.2 Å². The number of fused-ring (bicyclic) bond motifs is 13. The average molecular weight is 583 g/mol. The molecule has 0 bridgehead atoms. The van der Waals surface area contributed by atoms with Crippen molar-refractivity contribution in [2.45, 2.75) is 5.41 Å². The van der Waals surface area contributed by atoms with Gasteiger partial charge >= 0.3 is 0 Å². The molecule has 1 heteroatoms. The lowest BCUT2D eigenvalue weighted by molar-refractivity contribution is 0.487. The zero-order chi connectivity index (χ0) is 30.0. The van der Waals surface area contributed by atoms with Crippen LogP contribution in [0.1, 0.15) is 22.3 Å². The molecule has 0 radical (unpaired) electrons. The van der Waals surface area contributed by atoms with E-state index in [0.717, 1.165) is 22.6 Å². The first kappa shape index (κ1) is 24.4. The van der Waals surface area contributed by atoms with Gasteiger partial charge in [0.05, 0.1) is 5.41 Å². The van der Waals surface area contributed by atoms with Crippen LogP contribution in [-0.2, 0) is 5.41 Å². The van der Waals surface area contributed by atoms with Gasteiger partial charge in [0.25, 0.3) is 0 Å². The van der Waals surface area contributed by atoms with Crippen LogP contribution >= 0.6 is 0 Å². The predicted molar refractivity (Wildman–Crippen MR) is 189 cm³/mol. The monoisotopic (exact) mass is 582 g/mol. The van der Waals surface area contributed by atoms with Gasteiger partial charge in [-0.2, -0.15) is 0 Å². The lowest BCUT2D eigenvalue weighted by Crippen LogP contribution is -2.25. The zero-order valence-electron chi connectivity index (χ0n) is 24.9. The van der Waals surface area contributed by atoms with Gasteiger partial charge in [0, 0.05) is 10.9 Å². The summed E-state index contributed by atoms with van der Waals surface area (Å²) in [6, 6.07) is 58.3. The highest BCUT2D eigenvalue weighted by Crippen LogP contribution is 2.63. The van der Waals surface area contributed by atoms with Crippen LogP contribution in [0.3, 0.4) is 0 Å². The zero-order valence-corrected chi connectivity index (χ0v) is 24.9. The van der Waals surface area contributed by atoms with E-state index in [0.29, 0.717) is 0 Å². The second-order valence-corrected chi connectivity index (χ2v) is 12.8. The molecular weight excluding hydrogens is 556 g/mol. The van der Waals surface area contributed by atoms with Crippen molar-refractivity contribution < 1.29 is 4.74 Å². The Morgan fingerprint density at radius 3 is 1.72 bits per heavy atom. The Morgan fingerprint density at radius 2 is 0.913 bits per heavy atom. The number of rotatable bonds is 1. The molecule has 0 fully saturated rings. The molecule has 46 heavy (non-hydrogen) atoms. The second kappa shape index (κ2) is 8.62. The molecule has 11 rings (SSSR count). The SMILES string of the molecule is c1ccc2c(c1)-c1cc(-c3ccc4c(c3)Oc3cccc5cccc-4c35)ccc1C21c2ccccc2-c2cc3ccccc3cc21. The fourth-order valence-electron chi connectivity index (χ4n) is 8.75. The minimum Gasteiger partial charge on any atom is -0.456 e. The van der Waals surface area contributed by atoms with Crippen molar-refractivity contribution in [3.8, 4) is 56.0 Å². The van der Waals surface area contributed by atoms with Crippen molar-refractivity contribution in [2.24, 2.45) is 0 Å². The number of ether oxygens (including phenoxy) is 1. The van der Waals surface area contributed by atoms with Gasteiger partial charge in [0.15, 0.2) is 0 Å². The number of hydrogen-bond acceptors (Lipinski definition) is 1. The summed E-state index contributed by atoms with van der Waals surface area (Å²) < 4.78 is 6.55. The minimum atomic E-state index is -0.359. The first-order valence-corrected chi connectivity index (χ1v) is 16.0. The molecule has 0 aromatic heterocycles. The molecule has 0 saturated carbocycles. The third kappa shape index (κ3) is 2.96. The van der Waals surface area contributed by atoms with E-state index in [1.807, 2.05) is 0 Å². The summed E-state index contributed by atoms with van der Waals surface area (Å²) >= 11 is 0. The van der Waals surface area contributed by atoms with E-state index in [1.54, 1.807) is 0 Å². The summed E-state index contributed by atoms with van der Waals surface area (Å²) in [5.41, 5.74) is 15.1. The average Bonchev–Trinajstić information content (AvgIpc) is 3.57. The summed E-state index contributed by atoms with van der Waals surface area (Å²) in [5, 5.41) is 4.96. The maximum atomic E-state index is 6.55. The van der Waals surface area contributed by atoms with Crippen LogP contribution in [0.2, 0.25) is 0 Å². The highest BCUT2D eigenvalue weighted by molar-refractivity contribution is 6.05. The smallest absolute Gasteiger partial charge is 0.135 e. The van der Waals surface area contributed by atoms with Crippen LogP contribution < -0.4 is 4.74 Å². The molecule has 0 N–H and O–H groups in total. The molecule has 212 valence electrons. The van der Waals surface area contributed by atoms with Gasteiger partial charge in [-0.1, -0.05) is 121 Å². The Kier molecular flexibility index (Phi) is 4.57. The molecule has 0 amide bonds. The van der Waals surface area contributed by atoms with E-state index in [2.05, 4.69) is 158 Å². The Balaban J connectivity index is 1.14. The van der Waals surface area contributed by atoms with E-state index in [9.17, 15) is 0 Å². The first-order chi connectivity index (χ1) is 22.8. The predicted octanol–water partition coefficient (Wildman–Crippen LogP) is 11.8. The molecule has 1 spiro atoms. The summed E-state index contributed by atoms with van der Waals surface area (Å²) in [4.78, 5) is 0. The Bertz CT molecular complexity index is 2620. The standard InChI is InChI=1S/C45H26O/c1-2-10-29-25-41-37(23-28(29)9-1)33-14-4-6-17-39(33)45(41)38-16-5-3-13-32(38)36-24-30(20-22-40(36)45)31-19-21-34-35-15-7-11-27-12-8-18-42(44(27)35)46-43(34)26-31/h1-26H. The van der Waals surface area contributed by atoms with Crippen molar-refractivity contribution in [1.82, 2.24) is 0 Å². The van der Waals surface area contributed by atoms with Crippen molar-refractivity contribution in [3.05, 3.63) is 180 Å². The summed E-state index contributed by atoms with van der Waals surface area (Å²) in [6.45, 7) is 0. The van der Waals surface area contributed by atoms with Crippen LogP contribution in [0.5, 0.6) is 11.5 Å². The maximum Gasteiger partial charge on any atom is 0.135 e. The van der Waals surface area contributed by atoms with Crippen molar-refractivity contribution in [3.63, 3.8) is 0 Å². The summed E-state index contributed by atoms with van der Waals surface area (Å²) in [7, 11) is 0. The second-order valence-electron chi connectivity index (χ2n) is 12.8.